The Kier molecular flexibility index (Phi) is 11.7. The van der Waals surface area contributed by atoms with Gasteiger partial charge in [0.2, 0.25) is 11.6 Å². The molecule has 15 nitrogen and oxygen atoms in total. The predicted octanol–water partition coefficient (Wildman–Crippen LogP) is 3.26. The number of carbonyl (C=O) groups excluding carboxylic acids is 6. The Morgan fingerprint density at radius 3 is 2.16 bits per heavy atom. The van der Waals surface area contributed by atoms with Gasteiger partial charge in [-0.15, -0.1) is 0 Å². The quantitative estimate of drug-likeness (QED) is 0.154. The summed E-state index contributed by atoms with van der Waals surface area (Å²) in [7, 11) is 0. The van der Waals surface area contributed by atoms with Crippen molar-refractivity contribution in [3.05, 3.63) is 71.8 Å². The number of ketones is 2. The number of esters is 3. The molecule has 1 saturated heterocycles. The molecule has 4 aliphatic rings. The molecule has 3 unspecified atom stereocenters. The summed E-state index contributed by atoms with van der Waals surface area (Å²) in [4.78, 5) is 83.5. The predicted molar refractivity (Wildman–Crippen MR) is 203 cm³/mol. The second kappa shape index (κ2) is 15.8. The minimum atomic E-state index is -2.35. The maximum Gasteiger partial charge on any atom is 0.407 e. The molecule has 4 fully saturated rings. The number of carbonyl (C=O) groups is 6. The molecule has 0 aromatic heterocycles. The van der Waals surface area contributed by atoms with Crippen LogP contribution in [0, 0.1) is 34.5 Å². The lowest BCUT2D eigenvalue weighted by atomic mass is 9.42. The van der Waals surface area contributed by atoms with Crippen LogP contribution in [0.2, 0.25) is 0 Å². The van der Waals surface area contributed by atoms with Crippen molar-refractivity contribution in [3.63, 3.8) is 0 Å². The Hall–Kier alpha value is -4.70. The van der Waals surface area contributed by atoms with E-state index < -0.39 is 118 Å². The molecule has 4 N–H and O–H groups in total. The van der Waals surface area contributed by atoms with Crippen molar-refractivity contribution in [3.8, 4) is 0 Å². The fourth-order valence-corrected chi connectivity index (χ4v) is 9.85. The number of hydrogen-bond donors (Lipinski definition) is 4. The van der Waals surface area contributed by atoms with Crippen LogP contribution in [0.25, 0.3) is 0 Å². The summed E-state index contributed by atoms with van der Waals surface area (Å²) in [5.74, 6) is -8.91. The molecule has 1 aliphatic heterocycles. The fourth-order valence-electron chi connectivity index (χ4n) is 9.85. The zero-order chi connectivity index (χ0) is 42.5. The van der Waals surface area contributed by atoms with E-state index in [9.17, 15) is 44.1 Å². The standard InChI is InChI=1S/C43H53NO14/c1-22(2)20-54-39(52)44-31(25-14-10-8-11-15-25)33(48)38(51)56-27-19-43(53)36(57-37(50)26-16-12-9-13-17-26)34-41(7,35(49)32(47)30(23(27)3)40(43,5)6)28(46)18-29-42(34,21-55-29)58-24(4)45/h8-17,22-23,27-31,33-34,36,46,48,53H,18-21H2,1-7H3,(H,44,52)/t23?,27?,28-,29+,30?,31-,33+,34-,36-,41+,42-,43+/m0/s1. The Labute approximate surface area is 336 Å². The summed E-state index contributed by atoms with van der Waals surface area (Å²) in [5, 5.41) is 39.3. The van der Waals surface area contributed by atoms with Gasteiger partial charge in [-0.1, -0.05) is 83.1 Å². The van der Waals surface area contributed by atoms with Gasteiger partial charge in [0, 0.05) is 37.0 Å². The van der Waals surface area contributed by atoms with Crippen LogP contribution in [0.1, 0.15) is 83.3 Å². The number of ether oxygens (including phenoxy) is 5. The minimum Gasteiger partial charge on any atom is -0.460 e. The van der Waals surface area contributed by atoms with Gasteiger partial charge in [-0.25, -0.2) is 14.4 Å². The Balaban J connectivity index is 1.45. The maximum absolute atomic E-state index is 14.9. The van der Waals surface area contributed by atoms with Crippen molar-refractivity contribution < 1.29 is 67.8 Å². The van der Waals surface area contributed by atoms with Crippen molar-refractivity contribution in [2.24, 2.45) is 34.5 Å². The minimum absolute atomic E-state index is 0.00174. The number of amides is 1. The highest BCUT2D eigenvalue weighted by molar-refractivity contribution is 6.40. The third-order valence-corrected chi connectivity index (χ3v) is 13.0. The molecule has 3 aliphatic carbocycles. The molecule has 3 saturated carbocycles. The molecular weight excluding hydrogens is 754 g/mol. The summed E-state index contributed by atoms with van der Waals surface area (Å²) >= 11 is 0. The third-order valence-electron chi connectivity index (χ3n) is 13.0. The van der Waals surface area contributed by atoms with Gasteiger partial charge in [0.15, 0.2) is 11.7 Å². The smallest absolute Gasteiger partial charge is 0.407 e. The number of rotatable bonds is 10. The van der Waals surface area contributed by atoms with Gasteiger partial charge in [0.25, 0.3) is 0 Å². The van der Waals surface area contributed by atoms with Gasteiger partial charge in [-0.05, 0) is 30.5 Å². The van der Waals surface area contributed by atoms with Crippen molar-refractivity contribution in [2.75, 3.05) is 13.2 Å². The molecule has 1 heterocycles. The lowest BCUT2D eigenvalue weighted by Crippen LogP contribution is -2.82. The third kappa shape index (κ3) is 7.09. The van der Waals surface area contributed by atoms with Crippen molar-refractivity contribution in [1.82, 2.24) is 5.32 Å². The first kappa shape index (κ1) is 42.9. The highest BCUT2D eigenvalue weighted by atomic mass is 16.6. The van der Waals surface area contributed by atoms with E-state index in [2.05, 4.69) is 5.32 Å². The van der Waals surface area contributed by atoms with E-state index in [1.165, 1.54) is 19.1 Å². The second-order valence-electron chi connectivity index (χ2n) is 17.4. The highest BCUT2D eigenvalue weighted by Gasteiger charge is 2.79. The van der Waals surface area contributed by atoms with E-state index in [1.807, 2.05) is 13.8 Å². The van der Waals surface area contributed by atoms with E-state index in [-0.39, 0.29) is 31.1 Å². The molecular formula is C43H53NO14. The SMILES string of the molecule is CC(=O)O[C@@]12CO[C@@H]1C[C@H](O)[C@@]1(C)C(=O)C(=O)C3C(C)C(OC(=O)[C@H](O)[C@@H](NC(=O)OCC(C)C)c4ccccc4)C[C@@](O)([C@@H](OC(=O)c4ccccc4)[C@H]21)C3(C)C. The Morgan fingerprint density at radius 1 is 0.966 bits per heavy atom. The molecule has 2 bridgehead atoms. The fraction of sp³-hybridized carbons (Fsp3) is 0.581. The number of nitrogens with one attached hydrogen (secondary N) is 1. The van der Waals surface area contributed by atoms with Crippen LogP contribution in [-0.4, -0.2) is 106 Å². The van der Waals surface area contributed by atoms with Gasteiger partial charge in [-0.3, -0.25) is 14.4 Å². The number of alkyl carbamates (subject to hydrolysis) is 1. The van der Waals surface area contributed by atoms with Gasteiger partial charge < -0.3 is 44.3 Å². The topological polar surface area (TPSA) is 221 Å². The van der Waals surface area contributed by atoms with E-state index in [1.54, 1.807) is 69.3 Å². The zero-order valence-corrected chi connectivity index (χ0v) is 33.7. The Morgan fingerprint density at radius 2 is 1.59 bits per heavy atom. The average molecular weight is 808 g/mol. The Bertz CT molecular complexity index is 1920. The normalized spacial score (nSPS) is 34.7. The van der Waals surface area contributed by atoms with Crippen LogP contribution in [0.5, 0.6) is 0 Å². The molecule has 6 rings (SSSR count). The van der Waals surface area contributed by atoms with Crippen molar-refractivity contribution >= 4 is 35.6 Å². The molecule has 15 heteroatoms. The number of hydrogen-bond acceptors (Lipinski definition) is 14. The lowest BCUT2D eigenvalue weighted by molar-refractivity contribution is -0.350. The number of Topliss-reactive ketones (excluding diaryl/α,β-unsaturated/α-hetero) is 2. The number of aliphatic hydroxyl groups excluding tert-OH is 2. The zero-order valence-electron chi connectivity index (χ0n) is 33.7. The number of aliphatic hydroxyl groups is 3. The summed E-state index contributed by atoms with van der Waals surface area (Å²) < 4.78 is 29.3. The van der Waals surface area contributed by atoms with Gasteiger partial charge in [-0.2, -0.15) is 0 Å². The molecule has 12 atom stereocenters. The summed E-state index contributed by atoms with van der Waals surface area (Å²) in [5.41, 5.74) is -7.37. The van der Waals surface area contributed by atoms with Gasteiger partial charge in [0.1, 0.15) is 23.9 Å². The first-order valence-corrected chi connectivity index (χ1v) is 19.6. The molecule has 1 amide bonds. The summed E-state index contributed by atoms with van der Waals surface area (Å²) in [6.07, 6.45) is -9.42. The van der Waals surface area contributed by atoms with Crippen LogP contribution in [0.3, 0.4) is 0 Å². The second-order valence-corrected chi connectivity index (χ2v) is 17.4. The average Bonchev–Trinajstić information content (AvgIpc) is 3.17. The lowest BCUT2D eigenvalue weighted by Gasteiger charge is -2.67. The molecule has 2 aromatic carbocycles. The molecule has 58 heavy (non-hydrogen) atoms. The number of fused-ring (bicyclic) bond motifs is 5. The van der Waals surface area contributed by atoms with Crippen LogP contribution in [0.15, 0.2) is 60.7 Å². The van der Waals surface area contributed by atoms with E-state index in [4.69, 9.17) is 23.7 Å². The van der Waals surface area contributed by atoms with Crippen LogP contribution in [-0.2, 0) is 42.9 Å². The summed E-state index contributed by atoms with van der Waals surface area (Å²) in [6, 6.07) is 14.6. The molecule has 2 aromatic rings. The summed E-state index contributed by atoms with van der Waals surface area (Å²) in [6.45, 7) is 10.6. The first-order valence-electron chi connectivity index (χ1n) is 19.6. The highest BCUT2D eigenvalue weighted by Crippen LogP contribution is 2.64. The van der Waals surface area contributed by atoms with Gasteiger partial charge in [0.05, 0.1) is 42.3 Å². The van der Waals surface area contributed by atoms with E-state index in [0.29, 0.717) is 5.56 Å². The maximum atomic E-state index is 14.9. The van der Waals surface area contributed by atoms with E-state index in [0.717, 1.165) is 6.92 Å². The van der Waals surface area contributed by atoms with Crippen LogP contribution in [0.4, 0.5) is 4.79 Å². The van der Waals surface area contributed by atoms with Crippen molar-refractivity contribution in [1.29, 1.82) is 0 Å². The van der Waals surface area contributed by atoms with E-state index >= 15 is 0 Å². The monoisotopic (exact) mass is 807 g/mol. The van der Waals surface area contributed by atoms with Crippen molar-refractivity contribution in [2.45, 2.75) is 109 Å². The molecule has 0 spiro atoms. The molecule has 0 radical (unpaired) electrons. The number of benzene rings is 2. The largest absolute Gasteiger partial charge is 0.460 e. The van der Waals surface area contributed by atoms with Crippen LogP contribution >= 0.6 is 0 Å². The van der Waals surface area contributed by atoms with Gasteiger partial charge >= 0.3 is 24.0 Å². The van der Waals surface area contributed by atoms with Crippen LogP contribution < -0.4 is 5.32 Å². The molecule has 314 valence electrons. The first-order chi connectivity index (χ1) is 27.2.